The zero-order valence-electron chi connectivity index (χ0n) is 12.8. The van der Waals surface area contributed by atoms with Gasteiger partial charge in [0.05, 0.1) is 13.5 Å². The molecule has 0 bridgehead atoms. The van der Waals surface area contributed by atoms with Crippen LogP contribution in [0, 0.1) is 5.82 Å². The Morgan fingerprint density at radius 1 is 1.04 bits per heavy atom. The molecular formula is C18H18FNO3. The number of benzene rings is 2. The summed E-state index contributed by atoms with van der Waals surface area (Å²) in [6.07, 6.45) is 0.422. The number of hydrogen-bond acceptors (Lipinski definition) is 3. The topological polar surface area (TPSA) is 55.4 Å². The van der Waals surface area contributed by atoms with Crippen LogP contribution in [0.2, 0.25) is 0 Å². The van der Waals surface area contributed by atoms with E-state index < -0.39 is 12.0 Å². The molecule has 120 valence electrons. The molecule has 2 aromatic carbocycles. The summed E-state index contributed by atoms with van der Waals surface area (Å²) in [5.74, 6) is -1.15. The molecule has 2 aromatic rings. The predicted molar refractivity (Wildman–Crippen MR) is 84.2 cm³/mol. The number of rotatable bonds is 6. The van der Waals surface area contributed by atoms with Crippen molar-refractivity contribution in [3.63, 3.8) is 0 Å². The number of ether oxygens (including phenoxy) is 1. The highest BCUT2D eigenvalue weighted by Gasteiger charge is 2.22. The van der Waals surface area contributed by atoms with Gasteiger partial charge in [0, 0.05) is 6.42 Å². The monoisotopic (exact) mass is 315 g/mol. The van der Waals surface area contributed by atoms with Gasteiger partial charge in [0.25, 0.3) is 0 Å². The van der Waals surface area contributed by atoms with Crippen molar-refractivity contribution >= 4 is 11.9 Å². The first-order valence-electron chi connectivity index (χ1n) is 7.24. The molecule has 0 spiro atoms. The average Bonchev–Trinajstić information content (AvgIpc) is 2.56. The van der Waals surface area contributed by atoms with Crippen LogP contribution in [0.3, 0.4) is 0 Å². The minimum atomic E-state index is -0.804. The number of halogens is 1. The van der Waals surface area contributed by atoms with Gasteiger partial charge < -0.3 is 10.1 Å². The quantitative estimate of drug-likeness (QED) is 0.832. The Kier molecular flexibility index (Phi) is 5.86. The van der Waals surface area contributed by atoms with Gasteiger partial charge in [-0.15, -0.1) is 0 Å². The van der Waals surface area contributed by atoms with Gasteiger partial charge in [-0.05, 0) is 23.3 Å². The van der Waals surface area contributed by atoms with E-state index in [0.29, 0.717) is 0 Å². The van der Waals surface area contributed by atoms with Gasteiger partial charge in [-0.1, -0.05) is 42.5 Å². The van der Waals surface area contributed by atoms with Crippen LogP contribution in [0.25, 0.3) is 0 Å². The Labute approximate surface area is 134 Å². The third kappa shape index (κ3) is 5.21. The summed E-state index contributed by atoms with van der Waals surface area (Å²) in [6.45, 7) is 0. The molecule has 1 amide bonds. The lowest BCUT2D eigenvalue weighted by Gasteiger charge is -2.16. The van der Waals surface area contributed by atoms with E-state index in [0.717, 1.165) is 11.1 Å². The summed E-state index contributed by atoms with van der Waals surface area (Å²) in [7, 11) is 1.27. The van der Waals surface area contributed by atoms with E-state index in [4.69, 9.17) is 4.74 Å². The van der Waals surface area contributed by atoms with Crippen molar-refractivity contribution in [1.82, 2.24) is 5.32 Å². The van der Waals surface area contributed by atoms with E-state index >= 15 is 0 Å². The maximum Gasteiger partial charge on any atom is 0.328 e. The highest BCUT2D eigenvalue weighted by molar-refractivity contribution is 5.85. The zero-order chi connectivity index (χ0) is 16.7. The summed E-state index contributed by atoms with van der Waals surface area (Å²) < 4.78 is 17.7. The lowest BCUT2D eigenvalue weighted by molar-refractivity contribution is -0.145. The Balaban J connectivity index is 2.02. The maximum absolute atomic E-state index is 12.9. The standard InChI is InChI=1S/C18H18FNO3/c1-23-18(22)16(11-14-7-9-15(19)10-8-14)20-17(21)12-13-5-3-2-4-6-13/h2-10,16H,11-12H2,1H3,(H,20,21)/t16-/m1/s1. The molecule has 0 saturated carbocycles. The second-order valence-electron chi connectivity index (χ2n) is 5.14. The van der Waals surface area contributed by atoms with E-state index in [9.17, 15) is 14.0 Å². The predicted octanol–water partition coefficient (Wildman–Crippen LogP) is 2.27. The minimum absolute atomic E-state index is 0.178. The van der Waals surface area contributed by atoms with Crippen molar-refractivity contribution in [3.05, 3.63) is 71.5 Å². The van der Waals surface area contributed by atoms with Gasteiger partial charge in [-0.25, -0.2) is 9.18 Å². The van der Waals surface area contributed by atoms with Gasteiger partial charge in [0.1, 0.15) is 11.9 Å². The fourth-order valence-electron chi connectivity index (χ4n) is 2.22. The summed E-state index contributed by atoms with van der Waals surface area (Å²) in [5, 5.41) is 2.67. The Morgan fingerprint density at radius 2 is 1.70 bits per heavy atom. The van der Waals surface area contributed by atoms with Crippen molar-refractivity contribution in [3.8, 4) is 0 Å². The molecule has 0 saturated heterocycles. The average molecular weight is 315 g/mol. The van der Waals surface area contributed by atoms with E-state index in [-0.39, 0.29) is 24.6 Å². The van der Waals surface area contributed by atoms with Gasteiger partial charge in [0.2, 0.25) is 5.91 Å². The van der Waals surface area contributed by atoms with E-state index in [1.807, 2.05) is 30.3 Å². The number of hydrogen-bond donors (Lipinski definition) is 1. The van der Waals surface area contributed by atoms with Gasteiger partial charge >= 0.3 is 5.97 Å². The number of amides is 1. The molecule has 1 N–H and O–H groups in total. The normalized spacial score (nSPS) is 11.6. The molecule has 0 aliphatic heterocycles. The highest BCUT2D eigenvalue weighted by Crippen LogP contribution is 2.08. The van der Waals surface area contributed by atoms with Crippen LogP contribution in [0.1, 0.15) is 11.1 Å². The molecule has 0 heterocycles. The Hall–Kier alpha value is -2.69. The van der Waals surface area contributed by atoms with Crippen molar-refractivity contribution in [2.45, 2.75) is 18.9 Å². The van der Waals surface area contributed by atoms with Crippen molar-refractivity contribution in [2.24, 2.45) is 0 Å². The molecule has 0 aliphatic rings. The maximum atomic E-state index is 12.9. The van der Waals surface area contributed by atoms with Crippen molar-refractivity contribution in [1.29, 1.82) is 0 Å². The van der Waals surface area contributed by atoms with Crippen LogP contribution in [0.4, 0.5) is 4.39 Å². The lowest BCUT2D eigenvalue weighted by atomic mass is 10.1. The number of esters is 1. The molecule has 0 aromatic heterocycles. The molecule has 0 fully saturated rings. The first-order chi connectivity index (χ1) is 11.1. The molecule has 5 heteroatoms. The first-order valence-corrected chi connectivity index (χ1v) is 7.24. The molecule has 4 nitrogen and oxygen atoms in total. The molecule has 0 radical (unpaired) electrons. The number of methoxy groups -OCH3 is 1. The van der Waals surface area contributed by atoms with Crippen LogP contribution in [-0.2, 0) is 27.2 Å². The second kappa shape index (κ2) is 8.08. The van der Waals surface area contributed by atoms with Crippen LogP contribution >= 0.6 is 0 Å². The summed E-state index contributed by atoms with van der Waals surface area (Å²) in [6, 6.07) is 14.2. The van der Waals surface area contributed by atoms with E-state index in [1.54, 1.807) is 12.1 Å². The number of carbonyl (C=O) groups excluding carboxylic acids is 2. The van der Waals surface area contributed by atoms with E-state index in [2.05, 4.69) is 5.32 Å². The fraction of sp³-hybridized carbons (Fsp3) is 0.222. The molecule has 1 atom stereocenters. The van der Waals surface area contributed by atoms with Gasteiger partial charge in [-0.2, -0.15) is 0 Å². The Morgan fingerprint density at radius 3 is 2.30 bits per heavy atom. The van der Waals surface area contributed by atoms with Gasteiger partial charge in [0.15, 0.2) is 0 Å². The first kappa shape index (κ1) is 16.7. The van der Waals surface area contributed by atoms with E-state index in [1.165, 1.54) is 19.2 Å². The largest absolute Gasteiger partial charge is 0.467 e. The third-order valence-corrected chi connectivity index (χ3v) is 3.38. The molecule has 0 unspecified atom stereocenters. The summed E-state index contributed by atoms with van der Waals surface area (Å²) >= 11 is 0. The van der Waals surface area contributed by atoms with Crippen molar-refractivity contribution < 1.29 is 18.7 Å². The van der Waals surface area contributed by atoms with Gasteiger partial charge in [-0.3, -0.25) is 4.79 Å². The Bertz CT molecular complexity index is 656. The van der Waals surface area contributed by atoms with Crippen LogP contribution in [0.5, 0.6) is 0 Å². The smallest absolute Gasteiger partial charge is 0.328 e. The second-order valence-corrected chi connectivity index (χ2v) is 5.14. The molecule has 2 rings (SSSR count). The SMILES string of the molecule is COC(=O)[C@@H](Cc1ccc(F)cc1)NC(=O)Cc1ccccc1. The summed E-state index contributed by atoms with van der Waals surface area (Å²) in [4.78, 5) is 24.0. The number of carbonyl (C=O) groups is 2. The van der Waals surface area contributed by atoms with Crippen LogP contribution in [-0.4, -0.2) is 25.0 Å². The zero-order valence-corrected chi connectivity index (χ0v) is 12.8. The lowest BCUT2D eigenvalue weighted by Crippen LogP contribution is -2.43. The highest BCUT2D eigenvalue weighted by atomic mass is 19.1. The van der Waals surface area contributed by atoms with Crippen LogP contribution in [0.15, 0.2) is 54.6 Å². The summed E-state index contributed by atoms with van der Waals surface area (Å²) in [5.41, 5.74) is 1.59. The fourth-order valence-corrected chi connectivity index (χ4v) is 2.22. The van der Waals surface area contributed by atoms with Crippen LogP contribution < -0.4 is 5.32 Å². The number of nitrogens with one attached hydrogen (secondary N) is 1. The third-order valence-electron chi connectivity index (χ3n) is 3.38. The minimum Gasteiger partial charge on any atom is -0.467 e. The molecule has 0 aliphatic carbocycles. The molecule has 23 heavy (non-hydrogen) atoms. The van der Waals surface area contributed by atoms with Crippen molar-refractivity contribution in [2.75, 3.05) is 7.11 Å². The molecular weight excluding hydrogens is 297 g/mol.